The van der Waals surface area contributed by atoms with Gasteiger partial charge in [-0.1, -0.05) is 18.2 Å². The van der Waals surface area contributed by atoms with Gasteiger partial charge < -0.3 is 15.2 Å². The largest absolute Gasteiger partial charge is 0.450 e. The Morgan fingerprint density at radius 1 is 1.46 bits per heavy atom. The molecule has 0 saturated heterocycles. The number of rotatable bonds is 3. The van der Waals surface area contributed by atoms with Crippen LogP contribution in [0.5, 0.6) is 0 Å². The van der Waals surface area contributed by atoms with Crippen LogP contribution >= 0.6 is 0 Å². The lowest BCUT2D eigenvalue weighted by atomic mass is 9.82. The van der Waals surface area contributed by atoms with E-state index in [2.05, 4.69) is 0 Å². The number of aliphatic hydroxyl groups is 2. The average molecular weight is 179 g/mol. The summed E-state index contributed by atoms with van der Waals surface area (Å²) in [7, 11) is 0.948. The van der Waals surface area contributed by atoms with E-state index in [1.165, 1.54) is 0 Å². The topological polar surface area (TPSA) is 60.7 Å². The maximum absolute atomic E-state index is 9.34. The predicted octanol–water partition coefficient (Wildman–Crippen LogP) is -0.531. The minimum absolute atomic E-state index is 0.0641. The van der Waals surface area contributed by atoms with Crippen LogP contribution in [0.2, 0.25) is 0 Å². The van der Waals surface area contributed by atoms with E-state index < -0.39 is 6.10 Å². The molecule has 1 unspecified atom stereocenters. The molecule has 0 saturated carbocycles. The van der Waals surface area contributed by atoms with E-state index in [0.717, 1.165) is 13.0 Å². The summed E-state index contributed by atoms with van der Waals surface area (Å²) >= 11 is 0. The second-order valence-electron chi connectivity index (χ2n) is 2.93. The van der Waals surface area contributed by atoms with Crippen molar-refractivity contribution in [1.29, 1.82) is 0 Å². The second-order valence-corrected chi connectivity index (χ2v) is 2.93. The highest BCUT2D eigenvalue weighted by molar-refractivity contribution is 6.46. The van der Waals surface area contributed by atoms with Crippen LogP contribution < -0.4 is 5.46 Å². The molecule has 3 N–H and O–H groups in total. The zero-order valence-electron chi connectivity index (χ0n) is 7.44. The molecule has 0 bridgehead atoms. The molecule has 1 rings (SSSR count). The van der Waals surface area contributed by atoms with E-state index in [-0.39, 0.29) is 6.61 Å². The highest BCUT2D eigenvalue weighted by Crippen LogP contribution is 2.11. The van der Waals surface area contributed by atoms with Gasteiger partial charge >= 0.3 is 7.48 Å². The molecule has 69 valence electrons. The third-order valence-electron chi connectivity index (χ3n) is 1.92. The molecule has 0 aliphatic rings. The number of hydrogen-bond donors (Lipinski definition) is 3. The van der Waals surface area contributed by atoms with Gasteiger partial charge in [-0.25, -0.2) is 0 Å². The zero-order chi connectivity index (χ0) is 9.84. The highest BCUT2D eigenvalue weighted by Gasteiger charge is 2.08. The summed E-state index contributed by atoms with van der Waals surface area (Å²) in [4.78, 5) is 0. The lowest BCUT2D eigenvalue weighted by Crippen LogP contribution is -2.20. The Bertz CT molecular complexity index is 286. The van der Waals surface area contributed by atoms with Crippen LogP contribution in [0.4, 0.5) is 0 Å². The van der Waals surface area contributed by atoms with Crippen LogP contribution in [-0.2, 0) is 6.61 Å². The van der Waals surface area contributed by atoms with E-state index >= 15 is 0 Å². The first kappa shape index (κ1) is 10.2. The Balaban J connectivity index is 3.10. The molecular weight excluding hydrogens is 167 g/mol. The SMILES string of the molecule is CC(O)c1cc(CO)ccc1[B]O. The first-order valence-electron chi connectivity index (χ1n) is 4.08. The maximum atomic E-state index is 9.34. The summed E-state index contributed by atoms with van der Waals surface area (Å²) < 4.78 is 0. The molecule has 0 heterocycles. The van der Waals surface area contributed by atoms with Gasteiger partial charge in [0.1, 0.15) is 0 Å². The van der Waals surface area contributed by atoms with E-state index in [1.807, 2.05) is 0 Å². The van der Waals surface area contributed by atoms with Crippen molar-refractivity contribution < 1.29 is 15.2 Å². The molecule has 0 spiro atoms. The second kappa shape index (κ2) is 4.41. The molecule has 4 heteroatoms. The van der Waals surface area contributed by atoms with Crippen LogP contribution in [0.3, 0.4) is 0 Å². The summed E-state index contributed by atoms with van der Waals surface area (Å²) in [6.07, 6.45) is -0.648. The molecular formula is C9H12BO3. The zero-order valence-corrected chi connectivity index (χ0v) is 7.44. The fourth-order valence-electron chi connectivity index (χ4n) is 1.20. The highest BCUT2D eigenvalue weighted by atomic mass is 16.3. The van der Waals surface area contributed by atoms with Crippen molar-refractivity contribution >= 4 is 12.9 Å². The monoisotopic (exact) mass is 179 g/mol. The van der Waals surface area contributed by atoms with Gasteiger partial charge in [0.25, 0.3) is 0 Å². The minimum Gasteiger partial charge on any atom is -0.450 e. The van der Waals surface area contributed by atoms with Crippen LogP contribution in [-0.4, -0.2) is 22.7 Å². The van der Waals surface area contributed by atoms with Crippen molar-refractivity contribution in [3.05, 3.63) is 29.3 Å². The van der Waals surface area contributed by atoms with Crippen molar-refractivity contribution in [3.63, 3.8) is 0 Å². The molecule has 3 nitrogen and oxygen atoms in total. The van der Waals surface area contributed by atoms with Crippen molar-refractivity contribution in [2.45, 2.75) is 19.6 Å². The smallest absolute Gasteiger partial charge is 0.327 e. The summed E-state index contributed by atoms with van der Waals surface area (Å²) in [6, 6.07) is 5.04. The van der Waals surface area contributed by atoms with Gasteiger partial charge in [-0.15, -0.1) is 0 Å². The molecule has 0 aromatic heterocycles. The molecule has 1 aromatic rings. The lowest BCUT2D eigenvalue weighted by molar-refractivity contribution is 0.200. The van der Waals surface area contributed by atoms with Gasteiger partial charge in [-0.2, -0.15) is 0 Å². The van der Waals surface area contributed by atoms with Gasteiger partial charge in [-0.05, 0) is 23.5 Å². The van der Waals surface area contributed by atoms with Gasteiger partial charge in [0.15, 0.2) is 0 Å². The first-order valence-corrected chi connectivity index (χ1v) is 4.08. The average Bonchev–Trinajstić information content (AvgIpc) is 2.16. The van der Waals surface area contributed by atoms with E-state index in [0.29, 0.717) is 11.0 Å². The van der Waals surface area contributed by atoms with E-state index in [1.54, 1.807) is 25.1 Å². The maximum Gasteiger partial charge on any atom is 0.327 e. The Kier molecular flexibility index (Phi) is 3.48. The third kappa shape index (κ3) is 2.31. The van der Waals surface area contributed by atoms with E-state index in [9.17, 15) is 5.11 Å². The van der Waals surface area contributed by atoms with Crippen LogP contribution in [0.15, 0.2) is 18.2 Å². The Hall–Kier alpha value is -0.835. The predicted molar refractivity (Wildman–Crippen MR) is 50.6 cm³/mol. The molecule has 1 atom stereocenters. The Labute approximate surface area is 77.9 Å². The summed E-state index contributed by atoms with van der Waals surface area (Å²) in [5.74, 6) is 0. The molecule has 1 aromatic carbocycles. The normalized spacial score (nSPS) is 12.6. The van der Waals surface area contributed by atoms with Gasteiger partial charge in [0.05, 0.1) is 12.7 Å². The standard InChI is InChI=1S/C9H12BO3/c1-6(12)8-4-7(5-11)2-3-9(8)10-13/h2-4,6,11-13H,5H2,1H3. The third-order valence-corrected chi connectivity index (χ3v) is 1.92. The lowest BCUT2D eigenvalue weighted by Gasteiger charge is -2.10. The van der Waals surface area contributed by atoms with Crippen molar-refractivity contribution in [2.75, 3.05) is 0 Å². The van der Waals surface area contributed by atoms with Crippen LogP contribution in [0.1, 0.15) is 24.2 Å². The quantitative estimate of drug-likeness (QED) is 0.546. The number of aliphatic hydroxyl groups excluding tert-OH is 2. The summed E-state index contributed by atoms with van der Waals surface area (Å²) in [5.41, 5.74) is 1.92. The molecule has 0 aliphatic heterocycles. The fraction of sp³-hybridized carbons (Fsp3) is 0.333. The van der Waals surface area contributed by atoms with Crippen molar-refractivity contribution in [1.82, 2.24) is 0 Å². The fourth-order valence-corrected chi connectivity index (χ4v) is 1.20. The summed E-state index contributed by atoms with van der Waals surface area (Å²) in [6.45, 7) is 1.55. The summed E-state index contributed by atoms with van der Waals surface area (Å²) in [5, 5.41) is 27.0. The molecule has 0 amide bonds. The number of benzene rings is 1. The van der Waals surface area contributed by atoms with E-state index in [4.69, 9.17) is 10.1 Å². The first-order chi connectivity index (χ1) is 6.19. The molecule has 1 radical (unpaired) electrons. The number of hydrogen-bond acceptors (Lipinski definition) is 3. The molecule has 0 aliphatic carbocycles. The Morgan fingerprint density at radius 2 is 2.15 bits per heavy atom. The Morgan fingerprint density at radius 3 is 2.62 bits per heavy atom. The minimum atomic E-state index is -0.648. The molecule has 13 heavy (non-hydrogen) atoms. The van der Waals surface area contributed by atoms with Gasteiger partial charge in [0.2, 0.25) is 0 Å². The van der Waals surface area contributed by atoms with Crippen molar-refractivity contribution in [2.24, 2.45) is 0 Å². The van der Waals surface area contributed by atoms with Crippen LogP contribution in [0.25, 0.3) is 0 Å². The van der Waals surface area contributed by atoms with Crippen molar-refractivity contribution in [3.8, 4) is 0 Å². The van der Waals surface area contributed by atoms with Gasteiger partial charge in [-0.3, -0.25) is 0 Å². The van der Waals surface area contributed by atoms with Gasteiger partial charge in [0, 0.05) is 0 Å². The molecule has 0 fully saturated rings. The van der Waals surface area contributed by atoms with Crippen LogP contribution in [0, 0.1) is 0 Å².